The first kappa shape index (κ1) is 16.0. The van der Waals surface area contributed by atoms with Crippen LogP contribution in [-0.2, 0) is 0 Å². The minimum atomic E-state index is 0.0162. The number of carbonyl (C=O) groups excluding carboxylic acids is 1. The highest BCUT2D eigenvalue weighted by Gasteiger charge is 2.22. The van der Waals surface area contributed by atoms with Gasteiger partial charge in [-0.25, -0.2) is 0 Å². The average molecular weight is 290 g/mol. The van der Waals surface area contributed by atoms with Gasteiger partial charge in [0.05, 0.1) is 6.61 Å². The molecule has 1 fully saturated rings. The first-order valence-electron chi connectivity index (χ1n) is 7.91. The molecule has 1 aromatic carbocycles. The molecule has 116 valence electrons. The molecule has 1 heterocycles. The molecule has 4 nitrogen and oxygen atoms in total. The van der Waals surface area contributed by atoms with Gasteiger partial charge in [-0.15, -0.1) is 0 Å². The molecule has 0 bridgehead atoms. The van der Waals surface area contributed by atoms with Crippen LogP contribution in [0.2, 0.25) is 0 Å². The second-order valence-electron chi connectivity index (χ2n) is 5.79. The van der Waals surface area contributed by atoms with Gasteiger partial charge in [0.15, 0.2) is 0 Å². The van der Waals surface area contributed by atoms with Crippen molar-refractivity contribution in [2.24, 2.45) is 0 Å². The Hall–Kier alpha value is -1.39. The van der Waals surface area contributed by atoms with Crippen LogP contribution in [0, 0.1) is 6.92 Å². The summed E-state index contributed by atoms with van der Waals surface area (Å²) in [5.74, 6) is 0.0162. The highest BCUT2D eigenvalue weighted by Crippen LogP contribution is 2.16. The molecule has 1 unspecified atom stereocenters. The predicted molar refractivity (Wildman–Crippen MR) is 84.4 cm³/mol. The molecule has 0 radical (unpaired) electrons. The summed E-state index contributed by atoms with van der Waals surface area (Å²) in [6.07, 6.45) is 4.34. The van der Waals surface area contributed by atoms with E-state index in [1.165, 1.54) is 6.42 Å². The lowest BCUT2D eigenvalue weighted by Gasteiger charge is -2.22. The molecule has 2 N–H and O–H groups in total. The summed E-state index contributed by atoms with van der Waals surface area (Å²) in [7, 11) is 0. The predicted octanol–water partition coefficient (Wildman–Crippen LogP) is 1.96. The molecule has 1 aliphatic rings. The van der Waals surface area contributed by atoms with E-state index in [2.05, 4.69) is 10.2 Å². The Kier molecular flexibility index (Phi) is 6.21. The number of aliphatic hydroxyl groups is 1. The third-order valence-corrected chi connectivity index (χ3v) is 4.26. The Morgan fingerprint density at radius 2 is 2.19 bits per heavy atom. The zero-order valence-electron chi connectivity index (χ0n) is 12.8. The third kappa shape index (κ3) is 4.55. The van der Waals surface area contributed by atoms with E-state index in [1.807, 2.05) is 31.2 Å². The van der Waals surface area contributed by atoms with Crippen molar-refractivity contribution in [3.8, 4) is 0 Å². The van der Waals surface area contributed by atoms with Gasteiger partial charge >= 0.3 is 0 Å². The van der Waals surface area contributed by atoms with Crippen LogP contribution < -0.4 is 5.32 Å². The number of amides is 1. The molecule has 1 saturated heterocycles. The number of aryl methyl sites for hydroxylation is 1. The largest absolute Gasteiger partial charge is 0.395 e. The van der Waals surface area contributed by atoms with Crippen LogP contribution in [0.15, 0.2) is 24.3 Å². The van der Waals surface area contributed by atoms with E-state index >= 15 is 0 Å². The maximum absolute atomic E-state index is 12.0. The van der Waals surface area contributed by atoms with Crippen LogP contribution in [0.4, 0.5) is 0 Å². The third-order valence-electron chi connectivity index (χ3n) is 4.26. The monoisotopic (exact) mass is 290 g/mol. The summed E-state index contributed by atoms with van der Waals surface area (Å²) in [6, 6.07) is 8.01. The van der Waals surface area contributed by atoms with Crippen molar-refractivity contribution in [2.75, 3.05) is 26.2 Å². The molecule has 4 heteroatoms. The van der Waals surface area contributed by atoms with Crippen LogP contribution in [0.3, 0.4) is 0 Å². The van der Waals surface area contributed by atoms with Crippen molar-refractivity contribution in [3.05, 3.63) is 35.4 Å². The lowest BCUT2D eigenvalue weighted by molar-refractivity contribution is 0.0951. The molecular weight excluding hydrogens is 264 g/mol. The molecule has 0 aromatic heterocycles. The number of nitrogens with one attached hydrogen (secondary N) is 1. The molecule has 1 aliphatic heterocycles. The van der Waals surface area contributed by atoms with Crippen LogP contribution in [0.5, 0.6) is 0 Å². The molecule has 1 aromatic rings. The number of carbonyl (C=O) groups is 1. The van der Waals surface area contributed by atoms with Crippen molar-refractivity contribution in [1.82, 2.24) is 10.2 Å². The summed E-state index contributed by atoms with van der Waals surface area (Å²) in [6.45, 7) is 5.05. The molecule has 21 heavy (non-hydrogen) atoms. The van der Waals surface area contributed by atoms with E-state index < -0.39 is 0 Å². The van der Waals surface area contributed by atoms with Gasteiger partial charge in [0, 0.05) is 18.2 Å². The van der Waals surface area contributed by atoms with E-state index in [0.29, 0.717) is 12.6 Å². The van der Waals surface area contributed by atoms with E-state index in [9.17, 15) is 9.90 Å². The van der Waals surface area contributed by atoms with Gasteiger partial charge in [0.2, 0.25) is 0 Å². The van der Waals surface area contributed by atoms with Crippen molar-refractivity contribution in [2.45, 2.75) is 38.6 Å². The molecule has 2 rings (SSSR count). The molecule has 1 amide bonds. The maximum atomic E-state index is 12.0. The summed E-state index contributed by atoms with van der Waals surface area (Å²) in [4.78, 5) is 14.4. The number of hydrogen-bond acceptors (Lipinski definition) is 3. The number of unbranched alkanes of at least 4 members (excludes halogenated alkanes) is 1. The number of hydrogen-bond donors (Lipinski definition) is 2. The SMILES string of the molecule is Cc1ccccc1C(=O)NCCCCN1CCCC1CO. The molecule has 0 aliphatic carbocycles. The first-order chi connectivity index (χ1) is 10.2. The van der Waals surface area contributed by atoms with Gasteiger partial charge in [0.1, 0.15) is 0 Å². The summed E-state index contributed by atoms with van der Waals surface area (Å²) in [5, 5.41) is 12.2. The molecule has 1 atom stereocenters. The van der Waals surface area contributed by atoms with Crippen molar-refractivity contribution < 1.29 is 9.90 Å². The number of aliphatic hydroxyl groups excluding tert-OH is 1. The Morgan fingerprint density at radius 1 is 1.38 bits per heavy atom. The first-order valence-corrected chi connectivity index (χ1v) is 7.91. The normalized spacial score (nSPS) is 18.9. The van der Waals surface area contributed by atoms with Gasteiger partial charge in [-0.1, -0.05) is 18.2 Å². The highest BCUT2D eigenvalue weighted by molar-refractivity contribution is 5.95. The fourth-order valence-electron chi connectivity index (χ4n) is 2.96. The minimum absolute atomic E-state index is 0.0162. The van der Waals surface area contributed by atoms with E-state index in [-0.39, 0.29) is 12.5 Å². The fraction of sp³-hybridized carbons (Fsp3) is 0.588. The zero-order chi connectivity index (χ0) is 15.1. The van der Waals surface area contributed by atoms with Gasteiger partial charge in [-0.05, 0) is 57.3 Å². The molecular formula is C17H26N2O2. The van der Waals surface area contributed by atoms with Crippen LogP contribution in [0.1, 0.15) is 41.6 Å². The summed E-state index contributed by atoms with van der Waals surface area (Å²) in [5.41, 5.74) is 1.77. The Morgan fingerprint density at radius 3 is 2.95 bits per heavy atom. The quantitative estimate of drug-likeness (QED) is 0.755. The number of likely N-dealkylation sites (tertiary alicyclic amines) is 1. The summed E-state index contributed by atoms with van der Waals surface area (Å²) < 4.78 is 0. The van der Waals surface area contributed by atoms with E-state index in [4.69, 9.17) is 0 Å². The maximum Gasteiger partial charge on any atom is 0.251 e. The molecule has 0 saturated carbocycles. The minimum Gasteiger partial charge on any atom is -0.395 e. The smallest absolute Gasteiger partial charge is 0.251 e. The summed E-state index contributed by atoms with van der Waals surface area (Å²) >= 11 is 0. The second kappa shape index (κ2) is 8.15. The van der Waals surface area contributed by atoms with Gasteiger partial charge in [-0.3, -0.25) is 9.69 Å². The highest BCUT2D eigenvalue weighted by atomic mass is 16.3. The second-order valence-corrected chi connectivity index (χ2v) is 5.79. The lowest BCUT2D eigenvalue weighted by atomic mass is 10.1. The van der Waals surface area contributed by atoms with Crippen molar-refractivity contribution >= 4 is 5.91 Å². The van der Waals surface area contributed by atoms with Crippen LogP contribution in [-0.4, -0.2) is 48.2 Å². The number of rotatable bonds is 7. The standard InChI is InChI=1S/C17H26N2O2/c1-14-7-2-3-9-16(14)17(21)18-10-4-5-11-19-12-6-8-15(19)13-20/h2-3,7,9,15,20H,4-6,8,10-13H2,1H3,(H,18,21). The Labute approximate surface area is 127 Å². The Balaban J connectivity index is 1.64. The van der Waals surface area contributed by atoms with Gasteiger partial charge in [-0.2, -0.15) is 0 Å². The number of benzene rings is 1. The average Bonchev–Trinajstić information content (AvgIpc) is 2.94. The topological polar surface area (TPSA) is 52.6 Å². The van der Waals surface area contributed by atoms with Crippen LogP contribution >= 0.6 is 0 Å². The van der Waals surface area contributed by atoms with E-state index in [1.54, 1.807) is 0 Å². The number of nitrogens with zero attached hydrogens (tertiary/aromatic N) is 1. The van der Waals surface area contributed by atoms with E-state index in [0.717, 1.165) is 43.5 Å². The zero-order valence-corrected chi connectivity index (χ0v) is 12.8. The fourth-order valence-corrected chi connectivity index (χ4v) is 2.96. The van der Waals surface area contributed by atoms with Gasteiger partial charge < -0.3 is 10.4 Å². The van der Waals surface area contributed by atoms with Gasteiger partial charge in [0.25, 0.3) is 5.91 Å². The van der Waals surface area contributed by atoms with Crippen molar-refractivity contribution in [3.63, 3.8) is 0 Å². The molecule has 0 spiro atoms. The van der Waals surface area contributed by atoms with Crippen LogP contribution in [0.25, 0.3) is 0 Å². The lowest BCUT2D eigenvalue weighted by Crippen LogP contribution is -2.33. The van der Waals surface area contributed by atoms with Crippen molar-refractivity contribution in [1.29, 1.82) is 0 Å². The Bertz CT molecular complexity index is 462.